The first kappa shape index (κ1) is 25.6. The number of thiocarbonyl (C=S) groups is 1. The molecule has 5 rings (SSSR count). The van der Waals surface area contributed by atoms with E-state index in [2.05, 4.69) is 29.5 Å². The predicted octanol–water partition coefficient (Wildman–Crippen LogP) is 6.62. The lowest BCUT2D eigenvalue weighted by atomic mass is 10.0. The number of phenolic OH excluding ortho intramolecular Hbond substituents is 1. The molecule has 0 saturated heterocycles. The third kappa shape index (κ3) is 5.48. The van der Waals surface area contributed by atoms with Gasteiger partial charge in [0.25, 0.3) is 11.6 Å². The molecule has 2 aromatic heterocycles. The van der Waals surface area contributed by atoms with Gasteiger partial charge in [-0.15, -0.1) is 0 Å². The van der Waals surface area contributed by atoms with Crippen LogP contribution in [-0.2, 0) is 0 Å². The summed E-state index contributed by atoms with van der Waals surface area (Å²) in [6, 6.07) is 19.4. The van der Waals surface area contributed by atoms with Gasteiger partial charge in [-0.05, 0) is 60.1 Å². The van der Waals surface area contributed by atoms with Crippen LogP contribution in [0.1, 0.15) is 35.9 Å². The second-order valence-corrected chi connectivity index (χ2v) is 9.42. The zero-order chi connectivity index (χ0) is 27.7. The van der Waals surface area contributed by atoms with Crippen LogP contribution in [0.25, 0.3) is 33.9 Å². The van der Waals surface area contributed by atoms with E-state index in [1.54, 1.807) is 18.2 Å². The van der Waals surface area contributed by atoms with Crippen molar-refractivity contribution in [2.45, 2.75) is 19.8 Å². The number of nitrogens with one attached hydrogen (secondary N) is 2. The Kier molecular flexibility index (Phi) is 6.82. The number of benzene rings is 3. The number of furan rings is 1. The molecule has 196 valence electrons. The molecule has 1 amide bonds. The van der Waals surface area contributed by atoms with E-state index in [1.165, 1.54) is 36.4 Å². The molecule has 5 aromatic rings. The molecule has 3 aromatic carbocycles. The van der Waals surface area contributed by atoms with Gasteiger partial charge in [0.15, 0.2) is 16.5 Å². The SMILES string of the molecule is CC(C)c1ccc2oc(-c3ccc(NC(=S)NC(=O)c4ccc(-c5cccc([N+](=O)[O-])c5)o4)cc3O)nc2c1. The molecular formula is C28H22N4O6S. The summed E-state index contributed by atoms with van der Waals surface area (Å²) in [7, 11) is 0. The van der Waals surface area contributed by atoms with Gasteiger partial charge in [-0.1, -0.05) is 32.0 Å². The van der Waals surface area contributed by atoms with Gasteiger partial charge in [0.1, 0.15) is 17.0 Å². The van der Waals surface area contributed by atoms with Crippen molar-refractivity contribution in [3.63, 3.8) is 0 Å². The second kappa shape index (κ2) is 10.4. The maximum absolute atomic E-state index is 12.6. The number of oxazole rings is 1. The number of nitro benzene ring substituents is 1. The van der Waals surface area contributed by atoms with Crippen LogP contribution in [0.4, 0.5) is 11.4 Å². The van der Waals surface area contributed by atoms with Crippen LogP contribution in [0.15, 0.2) is 81.6 Å². The number of fused-ring (bicyclic) bond motifs is 1. The fourth-order valence-corrected chi connectivity index (χ4v) is 4.13. The fourth-order valence-electron chi connectivity index (χ4n) is 3.92. The normalized spacial score (nSPS) is 11.1. The van der Waals surface area contributed by atoms with Gasteiger partial charge in [-0.3, -0.25) is 20.2 Å². The zero-order valence-electron chi connectivity index (χ0n) is 20.8. The minimum Gasteiger partial charge on any atom is -0.507 e. The van der Waals surface area contributed by atoms with Crippen molar-refractivity contribution < 1.29 is 23.7 Å². The van der Waals surface area contributed by atoms with E-state index >= 15 is 0 Å². The highest BCUT2D eigenvalue weighted by molar-refractivity contribution is 7.80. The monoisotopic (exact) mass is 542 g/mol. The topological polar surface area (TPSA) is 144 Å². The lowest BCUT2D eigenvalue weighted by molar-refractivity contribution is -0.384. The molecule has 39 heavy (non-hydrogen) atoms. The number of carbonyl (C=O) groups excluding carboxylic acids is 1. The zero-order valence-corrected chi connectivity index (χ0v) is 21.6. The van der Waals surface area contributed by atoms with Crippen LogP contribution in [0.5, 0.6) is 5.75 Å². The van der Waals surface area contributed by atoms with Crippen molar-refractivity contribution in [3.8, 4) is 28.5 Å². The van der Waals surface area contributed by atoms with Crippen LogP contribution >= 0.6 is 12.2 Å². The fraction of sp³-hybridized carbons (Fsp3) is 0.107. The van der Waals surface area contributed by atoms with E-state index in [1.807, 2.05) is 18.2 Å². The molecular weight excluding hydrogens is 520 g/mol. The number of aromatic nitrogens is 1. The summed E-state index contributed by atoms with van der Waals surface area (Å²) >= 11 is 5.23. The van der Waals surface area contributed by atoms with Crippen LogP contribution in [0.3, 0.4) is 0 Å². The van der Waals surface area contributed by atoms with E-state index in [4.69, 9.17) is 21.1 Å². The summed E-state index contributed by atoms with van der Waals surface area (Å²) in [5.74, 6) is 0.191. The Balaban J connectivity index is 1.25. The molecule has 0 aliphatic carbocycles. The number of phenols is 1. The Bertz CT molecular complexity index is 1740. The lowest BCUT2D eigenvalue weighted by Gasteiger charge is -2.10. The highest BCUT2D eigenvalue weighted by Crippen LogP contribution is 2.34. The summed E-state index contributed by atoms with van der Waals surface area (Å²) in [5.41, 5.74) is 3.65. The van der Waals surface area contributed by atoms with E-state index in [-0.39, 0.29) is 28.2 Å². The molecule has 0 aliphatic heterocycles. The number of non-ortho nitro benzene ring substituents is 1. The van der Waals surface area contributed by atoms with Crippen molar-refractivity contribution in [1.82, 2.24) is 10.3 Å². The Morgan fingerprint density at radius 1 is 1.05 bits per heavy atom. The van der Waals surface area contributed by atoms with Crippen molar-refractivity contribution in [1.29, 1.82) is 0 Å². The van der Waals surface area contributed by atoms with E-state index in [0.29, 0.717) is 39.6 Å². The van der Waals surface area contributed by atoms with Crippen LogP contribution in [0.2, 0.25) is 0 Å². The molecule has 0 radical (unpaired) electrons. The first-order valence-electron chi connectivity index (χ1n) is 11.9. The molecule has 2 heterocycles. The highest BCUT2D eigenvalue weighted by atomic mass is 32.1. The Labute approximate surface area is 227 Å². The summed E-state index contributed by atoms with van der Waals surface area (Å²) in [4.78, 5) is 27.6. The van der Waals surface area contributed by atoms with Gasteiger partial charge in [-0.25, -0.2) is 4.98 Å². The molecule has 0 spiro atoms. The maximum Gasteiger partial charge on any atom is 0.293 e. The number of nitrogens with zero attached hydrogens (tertiary/aromatic N) is 2. The number of nitro groups is 1. The molecule has 10 nitrogen and oxygen atoms in total. The Morgan fingerprint density at radius 2 is 1.87 bits per heavy atom. The predicted molar refractivity (Wildman–Crippen MR) is 150 cm³/mol. The molecule has 0 bridgehead atoms. The molecule has 11 heteroatoms. The number of hydrogen-bond acceptors (Lipinski definition) is 8. The van der Waals surface area contributed by atoms with Crippen molar-refractivity contribution in [2.75, 3.05) is 5.32 Å². The number of anilines is 1. The summed E-state index contributed by atoms with van der Waals surface area (Å²) < 4.78 is 11.4. The minimum atomic E-state index is -0.614. The van der Waals surface area contributed by atoms with Crippen LogP contribution < -0.4 is 10.6 Å². The molecule has 0 fully saturated rings. The van der Waals surface area contributed by atoms with Gasteiger partial charge in [0, 0.05) is 29.4 Å². The number of hydrogen-bond donors (Lipinski definition) is 3. The van der Waals surface area contributed by atoms with E-state index < -0.39 is 10.8 Å². The van der Waals surface area contributed by atoms with E-state index in [9.17, 15) is 20.0 Å². The standard InChI is InChI=1S/C28H22N4O6S/c1-15(2)16-6-9-24-21(13-16)30-27(38-24)20-8-7-18(14-22(20)33)29-28(39)31-26(34)25-11-10-23(37-25)17-4-3-5-19(12-17)32(35)36/h3-15,33H,1-2H3,(H2,29,31,34,39). The molecule has 0 aliphatic rings. The van der Waals surface area contributed by atoms with Crippen LogP contribution in [0, 0.1) is 10.1 Å². The van der Waals surface area contributed by atoms with Gasteiger partial charge >= 0.3 is 0 Å². The maximum atomic E-state index is 12.6. The summed E-state index contributed by atoms with van der Waals surface area (Å²) in [6.07, 6.45) is 0. The second-order valence-electron chi connectivity index (χ2n) is 9.01. The first-order chi connectivity index (χ1) is 18.7. The largest absolute Gasteiger partial charge is 0.507 e. The summed E-state index contributed by atoms with van der Waals surface area (Å²) in [5, 5.41) is 27.0. The molecule has 0 atom stereocenters. The molecule has 3 N–H and O–H groups in total. The van der Waals surface area contributed by atoms with Gasteiger partial charge in [0.2, 0.25) is 5.89 Å². The Morgan fingerprint density at radius 3 is 2.62 bits per heavy atom. The number of amides is 1. The number of rotatable bonds is 6. The van der Waals surface area contributed by atoms with Gasteiger partial charge in [-0.2, -0.15) is 0 Å². The van der Waals surface area contributed by atoms with E-state index in [0.717, 1.165) is 5.56 Å². The quantitative estimate of drug-likeness (QED) is 0.122. The third-order valence-electron chi connectivity index (χ3n) is 5.96. The van der Waals surface area contributed by atoms with Crippen molar-refractivity contribution >= 4 is 45.7 Å². The molecule has 0 saturated carbocycles. The minimum absolute atomic E-state index is 0.0245. The average molecular weight is 543 g/mol. The Hall–Kier alpha value is -5.03. The average Bonchev–Trinajstić information content (AvgIpc) is 3.56. The highest BCUT2D eigenvalue weighted by Gasteiger charge is 2.17. The van der Waals surface area contributed by atoms with Gasteiger partial charge in [0.05, 0.1) is 10.5 Å². The smallest absolute Gasteiger partial charge is 0.293 e. The van der Waals surface area contributed by atoms with Crippen molar-refractivity contribution in [3.05, 3.63) is 94.2 Å². The lowest BCUT2D eigenvalue weighted by Crippen LogP contribution is -2.33. The first-order valence-corrected chi connectivity index (χ1v) is 12.3. The van der Waals surface area contributed by atoms with Crippen LogP contribution in [-0.4, -0.2) is 26.0 Å². The third-order valence-corrected chi connectivity index (χ3v) is 6.17. The molecule has 0 unspecified atom stereocenters. The van der Waals surface area contributed by atoms with Gasteiger partial charge < -0.3 is 19.3 Å². The number of carbonyl (C=O) groups is 1. The van der Waals surface area contributed by atoms with Crippen molar-refractivity contribution in [2.24, 2.45) is 0 Å². The summed E-state index contributed by atoms with van der Waals surface area (Å²) in [6.45, 7) is 4.19. The number of aromatic hydroxyl groups is 1.